The first-order valence-electron chi connectivity index (χ1n) is 9.69. The van der Waals surface area contributed by atoms with Crippen molar-refractivity contribution in [3.05, 3.63) is 59.7 Å². The Morgan fingerprint density at radius 3 is 2.68 bits per heavy atom. The molecular weight excluding hydrogens is 352 g/mol. The standard InChI is InChI=1S/C22H24N4O2/c1-3-26-19-13-7-6-12-18(19)23-21(26)24-20(28)22(25-15(2)27)14-8-10-16-9-4-5-11-17(16)22/h4-7,9,11-13H,3,8,10,14H2,1-2H3,(H,25,27)(H,23,24,28)/t22-/m1/s1. The lowest BCUT2D eigenvalue weighted by Crippen LogP contribution is -2.55. The van der Waals surface area contributed by atoms with Crippen LogP contribution in [0.1, 0.15) is 37.8 Å². The van der Waals surface area contributed by atoms with Crippen LogP contribution in [0.15, 0.2) is 48.5 Å². The molecule has 0 saturated carbocycles. The number of hydrogen-bond donors (Lipinski definition) is 2. The van der Waals surface area contributed by atoms with Crippen molar-refractivity contribution in [1.82, 2.24) is 14.9 Å². The molecule has 2 amide bonds. The first kappa shape index (κ1) is 18.2. The number of anilines is 1. The number of nitrogens with one attached hydrogen (secondary N) is 2. The first-order valence-corrected chi connectivity index (χ1v) is 9.69. The summed E-state index contributed by atoms with van der Waals surface area (Å²) in [5.74, 6) is 0.0252. The van der Waals surface area contributed by atoms with E-state index in [0.717, 1.165) is 35.0 Å². The van der Waals surface area contributed by atoms with Gasteiger partial charge < -0.3 is 9.88 Å². The Balaban J connectivity index is 1.78. The maximum atomic E-state index is 13.6. The molecule has 4 rings (SSSR count). The maximum Gasteiger partial charge on any atom is 0.257 e. The summed E-state index contributed by atoms with van der Waals surface area (Å²) in [5.41, 5.74) is 2.68. The molecule has 0 aliphatic heterocycles. The van der Waals surface area contributed by atoms with Crippen LogP contribution in [-0.4, -0.2) is 21.4 Å². The number of aromatic nitrogens is 2. The molecule has 6 heteroatoms. The summed E-state index contributed by atoms with van der Waals surface area (Å²) < 4.78 is 1.98. The Kier molecular flexibility index (Phi) is 4.63. The molecule has 0 radical (unpaired) electrons. The van der Waals surface area contributed by atoms with E-state index in [1.165, 1.54) is 6.92 Å². The summed E-state index contributed by atoms with van der Waals surface area (Å²) in [6, 6.07) is 15.6. The number of fused-ring (bicyclic) bond motifs is 2. The third-order valence-corrected chi connectivity index (χ3v) is 5.45. The summed E-state index contributed by atoms with van der Waals surface area (Å²) >= 11 is 0. The van der Waals surface area contributed by atoms with E-state index in [9.17, 15) is 9.59 Å². The van der Waals surface area contributed by atoms with Crippen molar-refractivity contribution in [2.75, 3.05) is 5.32 Å². The monoisotopic (exact) mass is 376 g/mol. The molecule has 0 spiro atoms. The number of rotatable bonds is 4. The Labute approximate surface area is 164 Å². The Hall–Kier alpha value is -3.15. The van der Waals surface area contributed by atoms with Gasteiger partial charge in [0.1, 0.15) is 5.54 Å². The fourth-order valence-electron chi connectivity index (χ4n) is 4.26. The van der Waals surface area contributed by atoms with Crippen LogP contribution < -0.4 is 10.6 Å². The van der Waals surface area contributed by atoms with E-state index < -0.39 is 5.54 Å². The third-order valence-electron chi connectivity index (χ3n) is 5.45. The van der Waals surface area contributed by atoms with E-state index in [4.69, 9.17) is 0 Å². The molecule has 1 heterocycles. The summed E-state index contributed by atoms with van der Waals surface area (Å²) in [5, 5.41) is 5.96. The minimum atomic E-state index is -1.09. The van der Waals surface area contributed by atoms with E-state index in [1.807, 2.05) is 60.0 Å². The van der Waals surface area contributed by atoms with E-state index in [-0.39, 0.29) is 11.8 Å². The fraction of sp³-hybridized carbons (Fsp3) is 0.318. The lowest BCUT2D eigenvalue weighted by atomic mass is 9.75. The third kappa shape index (κ3) is 2.95. The van der Waals surface area contributed by atoms with E-state index in [2.05, 4.69) is 15.6 Å². The van der Waals surface area contributed by atoms with Gasteiger partial charge in [-0.2, -0.15) is 0 Å². The molecule has 0 fully saturated rings. The highest BCUT2D eigenvalue weighted by Gasteiger charge is 2.44. The Bertz CT molecular complexity index is 1060. The number of imidazole rings is 1. The van der Waals surface area contributed by atoms with Crippen molar-refractivity contribution >= 4 is 28.8 Å². The zero-order chi connectivity index (χ0) is 19.7. The topological polar surface area (TPSA) is 76.0 Å². The van der Waals surface area contributed by atoms with Gasteiger partial charge in [0.05, 0.1) is 11.0 Å². The fourth-order valence-corrected chi connectivity index (χ4v) is 4.26. The summed E-state index contributed by atoms with van der Waals surface area (Å²) in [7, 11) is 0. The number of carbonyl (C=O) groups is 2. The molecule has 0 saturated heterocycles. The van der Waals surface area contributed by atoms with Crippen LogP contribution >= 0.6 is 0 Å². The minimum absolute atomic E-state index is 0.226. The second-order valence-corrected chi connectivity index (χ2v) is 7.22. The van der Waals surface area contributed by atoms with Gasteiger partial charge in [0.25, 0.3) is 5.91 Å². The highest BCUT2D eigenvalue weighted by Crippen LogP contribution is 2.36. The molecule has 0 bridgehead atoms. The molecule has 1 aromatic heterocycles. The number of amides is 2. The van der Waals surface area contributed by atoms with Gasteiger partial charge in [0, 0.05) is 13.5 Å². The molecule has 1 atom stereocenters. The first-order chi connectivity index (χ1) is 13.5. The molecule has 28 heavy (non-hydrogen) atoms. The predicted molar refractivity (Wildman–Crippen MR) is 109 cm³/mol. The number of carbonyl (C=O) groups excluding carboxylic acids is 2. The van der Waals surface area contributed by atoms with Gasteiger partial charge in [0.15, 0.2) is 0 Å². The minimum Gasteiger partial charge on any atom is -0.338 e. The van der Waals surface area contributed by atoms with Gasteiger partial charge in [-0.05, 0) is 49.4 Å². The zero-order valence-electron chi connectivity index (χ0n) is 16.2. The van der Waals surface area contributed by atoms with Crippen LogP contribution in [0.3, 0.4) is 0 Å². The summed E-state index contributed by atoms with van der Waals surface area (Å²) in [4.78, 5) is 30.2. The molecule has 6 nitrogen and oxygen atoms in total. The molecule has 1 aliphatic carbocycles. The van der Waals surface area contributed by atoms with Crippen molar-refractivity contribution < 1.29 is 9.59 Å². The number of benzene rings is 2. The highest BCUT2D eigenvalue weighted by molar-refractivity contribution is 6.01. The van der Waals surface area contributed by atoms with Gasteiger partial charge in [-0.25, -0.2) is 4.98 Å². The van der Waals surface area contributed by atoms with Crippen LogP contribution in [-0.2, 0) is 28.1 Å². The van der Waals surface area contributed by atoms with E-state index in [0.29, 0.717) is 18.9 Å². The molecule has 0 unspecified atom stereocenters. The average Bonchev–Trinajstić information content (AvgIpc) is 3.04. The largest absolute Gasteiger partial charge is 0.338 e. The molecule has 2 N–H and O–H groups in total. The molecular formula is C22H24N4O2. The molecule has 3 aromatic rings. The predicted octanol–water partition coefficient (Wildman–Crippen LogP) is 3.36. The second kappa shape index (κ2) is 7.11. The quantitative estimate of drug-likeness (QED) is 0.733. The Morgan fingerprint density at radius 2 is 1.89 bits per heavy atom. The lowest BCUT2D eigenvalue weighted by Gasteiger charge is -2.38. The van der Waals surface area contributed by atoms with Gasteiger partial charge in [-0.3, -0.25) is 14.9 Å². The molecule has 144 valence electrons. The van der Waals surface area contributed by atoms with Crippen LogP contribution in [0, 0.1) is 0 Å². The summed E-state index contributed by atoms with van der Waals surface area (Å²) in [6.45, 7) is 4.15. The van der Waals surface area contributed by atoms with Crippen LogP contribution in [0.25, 0.3) is 11.0 Å². The Morgan fingerprint density at radius 1 is 1.14 bits per heavy atom. The summed E-state index contributed by atoms with van der Waals surface area (Å²) in [6.07, 6.45) is 2.29. The van der Waals surface area contributed by atoms with Crippen molar-refractivity contribution in [2.24, 2.45) is 0 Å². The van der Waals surface area contributed by atoms with Crippen LogP contribution in [0.2, 0.25) is 0 Å². The number of hydrogen-bond acceptors (Lipinski definition) is 3. The highest BCUT2D eigenvalue weighted by atomic mass is 16.2. The van der Waals surface area contributed by atoms with E-state index >= 15 is 0 Å². The number of para-hydroxylation sites is 2. The van der Waals surface area contributed by atoms with Crippen molar-refractivity contribution in [3.63, 3.8) is 0 Å². The SMILES string of the molecule is CCn1c(NC(=O)[C@@]2(NC(C)=O)CCCc3ccccc32)nc2ccccc21. The average molecular weight is 376 g/mol. The van der Waals surface area contributed by atoms with Gasteiger partial charge >= 0.3 is 0 Å². The second-order valence-electron chi connectivity index (χ2n) is 7.22. The zero-order valence-corrected chi connectivity index (χ0v) is 16.2. The molecule has 2 aromatic carbocycles. The van der Waals surface area contributed by atoms with Crippen LogP contribution in [0.5, 0.6) is 0 Å². The van der Waals surface area contributed by atoms with Gasteiger partial charge in [-0.15, -0.1) is 0 Å². The molecule has 1 aliphatic rings. The normalized spacial score (nSPS) is 18.5. The van der Waals surface area contributed by atoms with E-state index in [1.54, 1.807) is 0 Å². The van der Waals surface area contributed by atoms with Crippen molar-refractivity contribution in [2.45, 2.75) is 45.2 Å². The maximum absolute atomic E-state index is 13.6. The van der Waals surface area contributed by atoms with Gasteiger partial charge in [-0.1, -0.05) is 36.4 Å². The lowest BCUT2D eigenvalue weighted by molar-refractivity contribution is -0.130. The number of aryl methyl sites for hydroxylation is 2. The van der Waals surface area contributed by atoms with Crippen LogP contribution in [0.4, 0.5) is 5.95 Å². The number of nitrogens with zero attached hydrogens (tertiary/aromatic N) is 2. The van der Waals surface area contributed by atoms with Gasteiger partial charge in [0.2, 0.25) is 11.9 Å². The van der Waals surface area contributed by atoms with Crippen molar-refractivity contribution in [3.8, 4) is 0 Å². The smallest absolute Gasteiger partial charge is 0.257 e. The van der Waals surface area contributed by atoms with Crippen molar-refractivity contribution in [1.29, 1.82) is 0 Å².